The van der Waals surface area contributed by atoms with Crippen molar-refractivity contribution in [2.75, 3.05) is 31.1 Å². The number of rotatable bonds is 2. The molecule has 3 nitrogen and oxygen atoms in total. The van der Waals surface area contributed by atoms with Gasteiger partial charge >= 0.3 is 0 Å². The third-order valence-electron chi connectivity index (χ3n) is 5.15. The van der Waals surface area contributed by atoms with Crippen LogP contribution in [0, 0.1) is 11.3 Å². The molecule has 1 aromatic carbocycles. The summed E-state index contributed by atoms with van der Waals surface area (Å²) in [5, 5.41) is 0. The van der Waals surface area contributed by atoms with E-state index < -0.39 is 0 Å². The van der Waals surface area contributed by atoms with Gasteiger partial charge in [-0.25, -0.2) is 0 Å². The number of hydrogen-bond acceptors (Lipinski definition) is 2. The second kappa shape index (κ2) is 3.83. The summed E-state index contributed by atoms with van der Waals surface area (Å²) in [6, 6.07) is 8.29. The third kappa shape index (κ3) is 1.79. The first-order valence-electron chi connectivity index (χ1n) is 7.26. The van der Waals surface area contributed by atoms with Crippen LogP contribution in [-0.4, -0.2) is 37.0 Å². The van der Waals surface area contributed by atoms with Gasteiger partial charge in [-0.05, 0) is 35.8 Å². The van der Waals surface area contributed by atoms with Crippen molar-refractivity contribution in [3.63, 3.8) is 0 Å². The summed E-state index contributed by atoms with van der Waals surface area (Å²) < 4.78 is 0. The van der Waals surface area contributed by atoms with Gasteiger partial charge in [0.05, 0.1) is 6.54 Å². The second-order valence-corrected chi connectivity index (χ2v) is 6.65. The van der Waals surface area contributed by atoms with E-state index in [1.54, 1.807) is 0 Å². The molecule has 1 aromatic rings. The first-order valence-corrected chi connectivity index (χ1v) is 7.26. The molecular formula is C16H20N2O. The number of anilines is 1. The Morgan fingerprint density at radius 3 is 3.05 bits per heavy atom. The minimum absolute atomic E-state index is 0.273. The van der Waals surface area contributed by atoms with Gasteiger partial charge in [-0.3, -0.25) is 9.69 Å². The zero-order chi connectivity index (χ0) is 13.0. The van der Waals surface area contributed by atoms with Crippen LogP contribution in [0.15, 0.2) is 24.3 Å². The Morgan fingerprint density at radius 1 is 1.42 bits per heavy atom. The SMILES string of the molecule is CC12CC1CN(CC(=O)N1CCc3ccccc31)C2. The van der Waals surface area contributed by atoms with Gasteiger partial charge in [-0.15, -0.1) is 0 Å². The van der Waals surface area contributed by atoms with Gasteiger partial charge in [0.1, 0.15) is 0 Å². The maximum atomic E-state index is 12.5. The maximum absolute atomic E-state index is 12.5. The van der Waals surface area contributed by atoms with Gasteiger partial charge < -0.3 is 4.90 Å². The summed E-state index contributed by atoms with van der Waals surface area (Å²) in [7, 11) is 0. The average molecular weight is 256 g/mol. The number of amides is 1. The van der Waals surface area contributed by atoms with Crippen molar-refractivity contribution < 1.29 is 4.79 Å². The van der Waals surface area contributed by atoms with Crippen LogP contribution < -0.4 is 4.90 Å². The molecule has 2 fully saturated rings. The molecule has 0 spiro atoms. The molecule has 0 aromatic heterocycles. The number of likely N-dealkylation sites (tertiary alicyclic amines) is 1. The van der Waals surface area contributed by atoms with E-state index in [0.29, 0.717) is 12.0 Å². The quantitative estimate of drug-likeness (QED) is 0.807. The van der Waals surface area contributed by atoms with Crippen molar-refractivity contribution in [3.8, 4) is 0 Å². The van der Waals surface area contributed by atoms with E-state index in [1.165, 1.54) is 12.0 Å². The minimum Gasteiger partial charge on any atom is -0.311 e. The molecule has 1 aliphatic carbocycles. The molecule has 3 heteroatoms. The number of benzene rings is 1. The number of nitrogens with zero attached hydrogens (tertiary/aromatic N) is 2. The molecule has 1 saturated heterocycles. The van der Waals surface area contributed by atoms with Gasteiger partial charge in [0.2, 0.25) is 5.91 Å². The van der Waals surface area contributed by atoms with Gasteiger partial charge in [0.25, 0.3) is 0 Å². The molecule has 19 heavy (non-hydrogen) atoms. The van der Waals surface area contributed by atoms with Gasteiger partial charge in [-0.1, -0.05) is 25.1 Å². The smallest absolute Gasteiger partial charge is 0.241 e. The topological polar surface area (TPSA) is 23.6 Å². The maximum Gasteiger partial charge on any atom is 0.241 e. The molecule has 0 radical (unpaired) electrons. The second-order valence-electron chi connectivity index (χ2n) is 6.65. The molecule has 100 valence electrons. The summed E-state index contributed by atoms with van der Waals surface area (Å²) in [6.07, 6.45) is 2.37. The van der Waals surface area contributed by atoms with Crippen LogP contribution in [-0.2, 0) is 11.2 Å². The van der Waals surface area contributed by atoms with E-state index >= 15 is 0 Å². The van der Waals surface area contributed by atoms with E-state index in [-0.39, 0.29) is 5.91 Å². The lowest BCUT2D eigenvalue weighted by Crippen LogP contribution is -2.39. The highest BCUT2D eigenvalue weighted by molar-refractivity contribution is 5.96. The van der Waals surface area contributed by atoms with Crippen LogP contribution in [0.2, 0.25) is 0 Å². The van der Waals surface area contributed by atoms with Crippen LogP contribution in [0.5, 0.6) is 0 Å². The normalized spacial score (nSPS) is 32.3. The van der Waals surface area contributed by atoms with Crippen molar-refractivity contribution in [1.82, 2.24) is 4.90 Å². The van der Waals surface area contributed by atoms with E-state index in [9.17, 15) is 4.79 Å². The zero-order valence-electron chi connectivity index (χ0n) is 11.4. The largest absolute Gasteiger partial charge is 0.311 e. The number of fused-ring (bicyclic) bond motifs is 2. The lowest BCUT2D eigenvalue weighted by atomic mass is 10.1. The van der Waals surface area contributed by atoms with Gasteiger partial charge in [0, 0.05) is 25.3 Å². The van der Waals surface area contributed by atoms with E-state index in [2.05, 4.69) is 30.0 Å². The number of para-hydroxylation sites is 1. The highest BCUT2D eigenvalue weighted by Crippen LogP contribution is 2.57. The number of hydrogen-bond donors (Lipinski definition) is 0. The molecule has 2 aliphatic heterocycles. The van der Waals surface area contributed by atoms with Crippen LogP contribution in [0.1, 0.15) is 18.9 Å². The molecule has 3 aliphatic rings. The molecule has 0 bridgehead atoms. The third-order valence-corrected chi connectivity index (χ3v) is 5.15. The van der Waals surface area contributed by atoms with Crippen molar-refractivity contribution in [2.45, 2.75) is 19.8 Å². The highest BCUT2D eigenvalue weighted by atomic mass is 16.2. The number of piperidine rings is 1. The fourth-order valence-corrected chi connectivity index (χ4v) is 3.86. The summed E-state index contributed by atoms with van der Waals surface area (Å²) in [5.41, 5.74) is 2.97. The molecule has 2 heterocycles. The molecule has 4 rings (SSSR count). The zero-order valence-corrected chi connectivity index (χ0v) is 11.4. The van der Waals surface area contributed by atoms with Crippen molar-refractivity contribution in [1.29, 1.82) is 0 Å². The monoisotopic (exact) mass is 256 g/mol. The highest BCUT2D eigenvalue weighted by Gasteiger charge is 2.56. The standard InChI is InChI=1S/C16H20N2O/c1-16-8-13(16)9-17(11-16)10-15(19)18-7-6-12-4-2-3-5-14(12)18/h2-5,13H,6-11H2,1H3. The average Bonchev–Trinajstić information content (AvgIpc) is 2.77. The lowest BCUT2D eigenvalue weighted by Gasteiger charge is -2.23. The Morgan fingerprint density at radius 2 is 2.26 bits per heavy atom. The Kier molecular flexibility index (Phi) is 2.31. The molecule has 0 N–H and O–H groups in total. The number of carbonyl (C=O) groups is 1. The Labute approximate surface area is 114 Å². The summed E-state index contributed by atoms with van der Waals surface area (Å²) >= 11 is 0. The molecular weight excluding hydrogens is 236 g/mol. The Hall–Kier alpha value is -1.35. The van der Waals surface area contributed by atoms with E-state index in [4.69, 9.17) is 0 Å². The van der Waals surface area contributed by atoms with Crippen LogP contribution in [0.4, 0.5) is 5.69 Å². The molecule has 1 saturated carbocycles. The van der Waals surface area contributed by atoms with Crippen molar-refractivity contribution >= 4 is 11.6 Å². The van der Waals surface area contributed by atoms with Gasteiger partial charge in [-0.2, -0.15) is 0 Å². The number of carbonyl (C=O) groups excluding carboxylic acids is 1. The summed E-state index contributed by atoms with van der Waals surface area (Å²) in [4.78, 5) is 16.8. The summed E-state index contributed by atoms with van der Waals surface area (Å²) in [6.45, 7) is 6.04. The fraction of sp³-hybridized carbons (Fsp3) is 0.562. The molecule has 2 atom stereocenters. The molecule has 2 unspecified atom stereocenters. The molecule has 1 amide bonds. The Bertz CT molecular complexity index is 541. The predicted molar refractivity (Wildman–Crippen MR) is 75.2 cm³/mol. The van der Waals surface area contributed by atoms with Crippen LogP contribution >= 0.6 is 0 Å². The lowest BCUT2D eigenvalue weighted by molar-refractivity contribution is -0.119. The van der Waals surface area contributed by atoms with Crippen molar-refractivity contribution in [2.24, 2.45) is 11.3 Å². The van der Waals surface area contributed by atoms with Crippen LogP contribution in [0.3, 0.4) is 0 Å². The summed E-state index contributed by atoms with van der Waals surface area (Å²) in [5.74, 6) is 1.13. The van der Waals surface area contributed by atoms with E-state index in [0.717, 1.165) is 37.7 Å². The van der Waals surface area contributed by atoms with Crippen LogP contribution in [0.25, 0.3) is 0 Å². The van der Waals surface area contributed by atoms with Crippen molar-refractivity contribution in [3.05, 3.63) is 29.8 Å². The first kappa shape index (κ1) is 11.5. The van der Waals surface area contributed by atoms with Gasteiger partial charge in [0.15, 0.2) is 0 Å². The first-order chi connectivity index (χ1) is 9.16. The minimum atomic E-state index is 0.273. The van der Waals surface area contributed by atoms with E-state index in [1.807, 2.05) is 11.0 Å². The predicted octanol–water partition coefficient (Wildman–Crippen LogP) is 1.92. The fourth-order valence-electron chi connectivity index (χ4n) is 3.86. The Balaban J connectivity index is 1.45.